The van der Waals surface area contributed by atoms with Crippen molar-refractivity contribution in [2.24, 2.45) is 11.7 Å². The first kappa shape index (κ1) is 11.5. The maximum Gasteiger partial charge on any atom is 0.119 e. The highest BCUT2D eigenvalue weighted by atomic mass is 16.5. The van der Waals surface area contributed by atoms with Crippen LogP contribution in [0.15, 0.2) is 36.4 Å². The van der Waals surface area contributed by atoms with Crippen molar-refractivity contribution in [1.29, 1.82) is 0 Å². The summed E-state index contributed by atoms with van der Waals surface area (Å²) in [6, 6.07) is 12.7. The van der Waals surface area contributed by atoms with Gasteiger partial charge in [0.05, 0.1) is 7.11 Å². The summed E-state index contributed by atoms with van der Waals surface area (Å²) in [5, 5.41) is 5.68. The monoisotopic (exact) mass is 242 g/mol. The molecule has 1 aliphatic heterocycles. The molecular weight excluding hydrogens is 224 g/mol. The van der Waals surface area contributed by atoms with E-state index >= 15 is 0 Å². The zero-order chi connectivity index (χ0) is 12.5. The van der Waals surface area contributed by atoms with E-state index in [-0.39, 0.29) is 6.04 Å². The summed E-state index contributed by atoms with van der Waals surface area (Å²) in [4.78, 5) is 0. The van der Waals surface area contributed by atoms with Gasteiger partial charge in [0.15, 0.2) is 0 Å². The summed E-state index contributed by atoms with van der Waals surface area (Å²) in [6.07, 6.45) is 0. The van der Waals surface area contributed by atoms with Gasteiger partial charge >= 0.3 is 0 Å². The van der Waals surface area contributed by atoms with E-state index < -0.39 is 0 Å². The number of nitrogens with two attached hydrogens (primary N) is 1. The van der Waals surface area contributed by atoms with Gasteiger partial charge in [0, 0.05) is 25.0 Å². The lowest BCUT2D eigenvalue weighted by molar-refractivity contribution is 0.295. The van der Waals surface area contributed by atoms with Gasteiger partial charge in [-0.15, -0.1) is 0 Å². The van der Waals surface area contributed by atoms with Crippen molar-refractivity contribution in [1.82, 2.24) is 5.32 Å². The second-order valence-corrected chi connectivity index (χ2v) is 4.92. The number of hydrogen-bond donors (Lipinski definition) is 2. The molecule has 0 amide bonds. The van der Waals surface area contributed by atoms with Crippen LogP contribution in [0.1, 0.15) is 11.6 Å². The van der Waals surface area contributed by atoms with Crippen LogP contribution in [0, 0.1) is 5.92 Å². The number of methoxy groups -OCH3 is 1. The van der Waals surface area contributed by atoms with Gasteiger partial charge in [0.1, 0.15) is 5.75 Å². The first-order chi connectivity index (χ1) is 8.78. The summed E-state index contributed by atoms with van der Waals surface area (Å²) in [5.74, 6) is 1.46. The first-order valence-corrected chi connectivity index (χ1v) is 6.32. The lowest BCUT2D eigenvalue weighted by Gasteiger charge is -2.32. The van der Waals surface area contributed by atoms with Crippen molar-refractivity contribution in [2.75, 3.05) is 20.2 Å². The lowest BCUT2D eigenvalue weighted by Crippen LogP contribution is -2.47. The predicted molar refractivity (Wildman–Crippen MR) is 73.8 cm³/mol. The van der Waals surface area contributed by atoms with E-state index in [2.05, 4.69) is 35.6 Å². The van der Waals surface area contributed by atoms with E-state index in [4.69, 9.17) is 10.5 Å². The van der Waals surface area contributed by atoms with E-state index in [1.807, 2.05) is 6.07 Å². The highest BCUT2D eigenvalue weighted by Gasteiger charge is 2.25. The van der Waals surface area contributed by atoms with Crippen LogP contribution in [0.2, 0.25) is 0 Å². The molecule has 0 aliphatic carbocycles. The average Bonchev–Trinajstić information content (AvgIpc) is 2.35. The highest BCUT2D eigenvalue weighted by molar-refractivity contribution is 5.84. The lowest BCUT2D eigenvalue weighted by atomic mass is 9.88. The molecule has 3 heteroatoms. The molecule has 0 saturated carbocycles. The summed E-state index contributed by atoms with van der Waals surface area (Å²) >= 11 is 0. The van der Waals surface area contributed by atoms with Gasteiger partial charge in [0.25, 0.3) is 0 Å². The number of fused-ring (bicyclic) bond motifs is 1. The SMILES string of the molecule is COc1ccc2cc(C(N)C3CNC3)ccc2c1. The van der Waals surface area contributed by atoms with Crippen LogP contribution in [0.3, 0.4) is 0 Å². The van der Waals surface area contributed by atoms with E-state index in [0.29, 0.717) is 5.92 Å². The van der Waals surface area contributed by atoms with Gasteiger partial charge in [-0.2, -0.15) is 0 Å². The normalized spacial score (nSPS) is 17.4. The van der Waals surface area contributed by atoms with E-state index in [1.54, 1.807) is 7.11 Å². The Morgan fingerprint density at radius 3 is 2.56 bits per heavy atom. The van der Waals surface area contributed by atoms with Crippen molar-refractivity contribution in [3.63, 3.8) is 0 Å². The number of benzene rings is 2. The zero-order valence-corrected chi connectivity index (χ0v) is 10.5. The predicted octanol–water partition coefficient (Wildman–Crippen LogP) is 2.07. The molecule has 1 saturated heterocycles. The second-order valence-electron chi connectivity index (χ2n) is 4.92. The Morgan fingerprint density at radius 2 is 1.89 bits per heavy atom. The van der Waals surface area contributed by atoms with Gasteiger partial charge in [-0.05, 0) is 34.5 Å². The number of nitrogens with one attached hydrogen (secondary N) is 1. The molecule has 1 heterocycles. The van der Waals surface area contributed by atoms with Crippen molar-refractivity contribution < 1.29 is 4.74 Å². The Hall–Kier alpha value is -1.58. The smallest absolute Gasteiger partial charge is 0.119 e. The minimum absolute atomic E-state index is 0.137. The third-order valence-electron chi connectivity index (χ3n) is 3.78. The number of ether oxygens (including phenoxy) is 1. The van der Waals surface area contributed by atoms with Crippen LogP contribution in [-0.4, -0.2) is 20.2 Å². The van der Waals surface area contributed by atoms with Crippen LogP contribution in [-0.2, 0) is 0 Å². The minimum Gasteiger partial charge on any atom is -0.497 e. The van der Waals surface area contributed by atoms with Gasteiger partial charge in [0.2, 0.25) is 0 Å². The fraction of sp³-hybridized carbons (Fsp3) is 0.333. The molecule has 0 aromatic heterocycles. The minimum atomic E-state index is 0.137. The fourth-order valence-corrected chi connectivity index (χ4v) is 2.41. The Bertz CT molecular complexity index is 563. The van der Waals surface area contributed by atoms with Crippen LogP contribution in [0.5, 0.6) is 5.75 Å². The molecule has 94 valence electrons. The van der Waals surface area contributed by atoms with Crippen molar-refractivity contribution in [3.05, 3.63) is 42.0 Å². The molecule has 3 rings (SSSR count). The topological polar surface area (TPSA) is 47.3 Å². The molecule has 0 radical (unpaired) electrons. The van der Waals surface area contributed by atoms with Crippen LogP contribution >= 0.6 is 0 Å². The largest absolute Gasteiger partial charge is 0.497 e. The first-order valence-electron chi connectivity index (χ1n) is 6.32. The molecule has 0 spiro atoms. The fourth-order valence-electron chi connectivity index (χ4n) is 2.41. The third-order valence-corrected chi connectivity index (χ3v) is 3.78. The molecule has 0 bridgehead atoms. The standard InChI is InChI=1S/C15H18N2O/c1-18-14-5-4-10-6-12(3-2-11(10)7-14)15(16)13-8-17-9-13/h2-7,13,15,17H,8-9,16H2,1H3. The zero-order valence-electron chi connectivity index (χ0n) is 10.5. The van der Waals surface area contributed by atoms with Crippen LogP contribution in [0.4, 0.5) is 0 Å². The molecule has 1 fully saturated rings. The molecular formula is C15H18N2O. The molecule has 1 aliphatic rings. The van der Waals surface area contributed by atoms with Crippen molar-refractivity contribution >= 4 is 10.8 Å². The molecule has 2 aromatic rings. The average molecular weight is 242 g/mol. The van der Waals surface area contributed by atoms with Gasteiger partial charge in [-0.3, -0.25) is 0 Å². The maximum absolute atomic E-state index is 6.28. The van der Waals surface area contributed by atoms with Crippen LogP contribution < -0.4 is 15.8 Å². The van der Waals surface area contributed by atoms with Gasteiger partial charge in [-0.1, -0.05) is 18.2 Å². The maximum atomic E-state index is 6.28. The Labute approximate surface area is 107 Å². The van der Waals surface area contributed by atoms with E-state index in [0.717, 1.165) is 18.8 Å². The van der Waals surface area contributed by atoms with E-state index in [1.165, 1.54) is 16.3 Å². The molecule has 3 N–H and O–H groups in total. The molecule has 1 atom stereocenters. The Morgan fingerprint density at radius 1 is 1.17 bits per heavy atom. The third kappa shape index (κ3) is 1.96. The summed E-state index contributed by atoms with van der Waals surface area (Å²) < 4.78 is 5.23. The quantitative estimate of drug-likeness (QED) is 0.866. The molecule has 18 heavy (non-hydrogen) atoms. The van der Waals surface area contributed by atoms with Crippen molar-refractivity contribution in [3.8, 4) is 5.75 Å². The summed E-state index contributed by atoms with van der Waals surface area (Å²) in [7, 11) is 1.69. The summed E-state index contributed by atoms with van der Waals surface area (Å²) in [6.45, 7) is 2.06. The molecule has 3 nitrogen and oxygen atoms in total. The summed E-state index contributed by atoms with van der Waals surface area (Å²) in [5.41, 5.74) is 7.50. The highest BCUT2D eigenvalue weighted by Crippen LogP contribution is 2.27. The number of rotatable bonds is 3. The Kier molecular flexibility index (Phi) is 2.94. The van der Waals surface area contributed by atoms with Gasteiger partial charge in [-0.25, -0.2) is 0 Å². The molecule has 1 unspecified atom stereocenters. The molecule has 2 aromatic carbocycles. The van der Waals surface area contributed by atoms with Crippen molar-refractivity contribution in [2.45, 2.75) is 6.04 Å². The van der Waals surface area contributed by atoms with E-state index in [9.17, 15) is 0 Å². The van der Waals surface area contributed by atoms with Gasteiger partial charge < -0.3 is 15.8 Å². The number of hydrogen-bond acceptors (Lipinski definition) is 3. The van der Waals surface area contributed by atoms with Crippen LogP contribution in [0.25, 0.3) is 10.8 Å². The second kappa shape index (κ2) is 4.59. The Balaban J connectivity index is 1.95.